The van der Waals surface area contributed by atoms with Crippen LogP contribution < -0.4 is 0 Å². The molecule has 0 heterocycles. The molecule has 2 rings (SSSR count). The van der Waals surface area contributed by atoms with E-state index >= 15 is 0 Å². The van der Waals surface area contributed by atoms with Gasteiger partial charge in [0.25, 0.3) is 0 Å². The average Bonchev–Trinajstić information content (AvgIpc) is 2.48. The summed E-state index contributed by atoms with van der Waals surface area (Å²) in [7, 11) is 0. The van der Waals surface area contributed by atoms with Gasteiger partial charge in [-0.05, 0) is 52.4 Å². The van der Waals surface area contributed by atoms with E-state index in [1.54, 1.807) is 0 Å². The first-order valence-corrected chi connectivity index (χ1v) is 5.47. The lowest BCUT2D eigenvalue weighted by Crippen LogP contribution is -1.86. The summed E-state index contributed by atoms with van der Waals surface area (Å²) in [6.07, 6.45) is 3.23. The van der Waals surface area contributed by atoms with Crippen LogP contribution in [0.25, 0.3) is 0 Å². The fraction of sp³-hybridized carbons (Fsp3) is 0.333. The van der Waals surface area contributed by atoms with Crippen molar-refractivity contribution in [2.75, 3.05) is 0 Å². The van der Waals surface area contributed by atoms with Crippen LogP contribution in [-0.4, -0.2) is 5.11 Å². The third-order valence-electron chi connectivity index (χ3n) is 2.27. The third-order valence-corrected chi connectivity index (χ3v) is 3.58. The predicted octanol–water partition coefficient (Wildman–Crippen LogP) is 3.41. The molecule has 1 aliphatic carbocycles. The lowest BCUT2D eigenvalue weighted by atomic mass is 10.1. The van der Waals surface area contributed by atoms with Gasteiger partial charge in [0.1, 0.15) is 5.75 Å². The fourth-order valence-corrected chi connectivity index (χ4v) is 3.12. The molecule has 1 N–H and O–H groups in total. The van der Waals surface area contributed by atoms with Crippen molar-refractivity contribution in [1.82, 2.24) is 0 Å². The molecule has 0 aliphatic heterocycles. The molecule has 0 saturated carbocycles. The van der Waals surface area contributed by atoms with Gasteiger partial charge in [-0.1, -0.05) is 15.9 Å². The van der Waals surface area contributed by atoms with Gasteiger partial charge in [-0.2, -0.15) is 0 Å². The third kappa shape index (κ3) is 1.19. The highest BCUT2D eigenvalue weighted by atomic mass is 79.9. The lowest BCUT2D eigenvalue weighted by Gasteiger charge is -2.06. The second-order valence-corrected chi connectivity index (χ2v) is 4.71. The number of hydrogen-bond donors (Lipinski definition) is 1. The first-order valence-electron chi connectivity index (χ1n) is 3.89. The summed E-state index contributed by atoms with van der Waals surface area (Å²) in [5, 5.41) is 9.68. The molecule has 1 aromatic carbocycles. The van der Waals surface area contributed by atoms with Crippen molar-refractivity contribution in [3.63, 3.8) is 0 Å². The van der Waals surface area contributed by atoms with Crippen LogP contribution in [0.4, 0.5) is 0 Å². The number of fused-ring (bicyclic) bond motifs is 1. The Morgan fingerprint density at radius 1 is 1.08 bits per heavy atom. The molecule has 0 radical (unpaired) electrons. The maximum absolute atomic E-state index is 9.68. The molecule has 12 heavy (non-hydrogen) atoms. The quantitative estimate of drug-likeness (QED) is 0.777. The average molecular weight is 292 g/mol. The highest BCUT2D eigenvalue weighted by Crippen LogP contribution is 2.40. The summed E-state index contributed by atoms with van der Waals surface area (Å²) in [5.74, 6) is 0.422. The van der Waals surface area contributed by atoms with E-state index in [9.17, 15) is 5.11 Å². The minimum Gasteiger partial charge on any atom is -0.506 e. The van der Waals surface area contributed by atoms with Crippen LogP contribution in [-0.2, 0) is 12.8 Å². The summed E-state index contributed by atoms with van der Waals surface area (Å²) >= 11 is 6.81. The Labute approximate surface area is 88.0 Å². The molecule has 0 fully saturated rings. The van der Waals surface area contributed by atoms with Gasteiger partial charge < -0.3 is 5.11 Å². The maximum Gasteiger partial charge on any atom is 0.133 e. The van der Waals surface area contributed by atoms with Crippen molar-refractivity contribution in [3.8, 4) is 5.75 Å². The van der Waals surface area contributed by atoms with Gasteiger partial charge in [0.05, 0.1) is 4.47 Å². The van der Waals surface area contributed by atoms with E-state index < -0.39 is 0 Å². The van der Waals surface area contributed by atoms with E-state index in [4.69, 9.17) is 0 Å². The summed E-state index contributed by atoms with van der Waals surface area (Å²) in [4.78, 5) is 0. The molecule has 0 spiro atoms. The van der Waals surface area contributed by atoms with Gasteiger partial charge >= 0.3 is 0 Å². The molecule has 0 saturated heterocycles. The molecule has 0 atom stereocenters. The Hall–Kier alpha value is -0.0200. The van der Waals surface area contributed by atoms with Crippen LogP contribution in [0, 0.1) is 0 Å². The molecule has 64 valence electrons. The zero-order chi connectivity index (χ0) is 8.72. The largest absolute Gasteiger partial charge is 0.506 e. The van der Waals surface area contributed by atoms with Gasteiger partial charge in [0.2, 0.25) is 0 Å². The van der Waals surface area contributed by atoms with Crippen molar-refractivity contribution in [2.45, 2.75) is 19.3 Å². The molecule has 3 heteroatoms. The first kappa shape index (κ1) is 8.57. The van der Waals surface area contributed by atoms with Crippen molar-refractivity contribution in [1.29, 1.82) is 0 Å². The van der Waals surface area contributed by atoms with Gasteiger partial charge in [-0.15, -0.1) is 0 Å². The van der Waals surface area contributed by atoms with Crippen LogP contribution >= 0.6 is 31.9 Å². The van der Waals surface area contributed by atoms with Crippen LogP contribution in [0.5, 0.6) is 5.75 Å². The van der Waals surface area contributed by atoms with E-state index in [0.717, 1.165) is 33.8 Å². The van der Waals surface area contributed by atoms with Crippen LogP contribution in [0.3, 0.4) is 0 Å². The molecule has 0 amide bonds. The number of hydrogen-bond acceptors (Lipinski definition) is 1. The van der Waals surface area contributed by atoms with Crippen molar-refractivity contribution >= 4 is 31.9 Å². The second kappa shape index (κ2) is 3.04. The molecule has 0 aromatic heterocycles. The molecule has 1 nitrogen and oxygen atoms in total. The van der Waals surface area contributed by atoms with Crippen LogP contribution in [0.2, 0.25) is 0 Å². The second-order valence-electron chi connectivity index (χ2n) is 3.00. The van der Waals surface area contributed by atoms with Gasteiger partial charge in [-0.25, -0.2) is 0 Å². The number of rotatable bonds is 0. The number of halogens is 2. The van der Waals surface area contributed by atoms with Crippen molar-refractivity contribution in [2.24, 2.45) is 0 Å². The number of benzene rings is 1. The van der Waals surface area contributed by atoms with Crippen molar-refractivity contribution in [3.05, 3.63) is 26.1 Å². The zero-order valence-electron chi connectivity index (χ0n) is 6.40. The first-order chi connectivity index (χ1) is 5.70. The fourth-order valence-electron chi connectivity index (χ4n) is 1.68. The van der Waals surface area contributed by atoms with Crippen molar-refractivity contribution < 1.29 is 5.11 Å². The summed E-state index contributed by atoms with van der Waals surface area (Å²) in [6, 6.07) is 1.92. The standard InChI is InChI=1S/C9H8Br2O/c10-7-4-8(11)9(12)6-3-1-2-5(6)7/h4,12H,1-3H2. The molecule has 1 aliphatic rings. The van der Waals surface area contributed by atoms with E-state index in [-0.39, 0.29) is 0 Å². The Kier molecular flexibility index (Phi) is 2.17. The topological polar surface area (TPSA) is 20.2 Å². The zero-order valence-corrected chi connectivity index (χ0v) is 9.57. The summed E-state index contributed by atoms with van der Waals surface area (Å²) < 4.78 is 1.90. The lowest BCUT2D eigenvalue weighted by molar-refractivity contribution is 0.465. The van der Waals surface area contributed by atoms with Gasteiger partial charge in [0, 0.05) is 4.47 Å². The smallest absolute Gasteiger partial charge is 0.133 e. The van der Waals surface area contributed by atoms with E-state index in [2.05, 4.69) is 31.9 Å². The van der Waals surface area contributed by atoms with Crippen LogP contribution in [0.15, 0.2) is 15.0 Å². The maximum atomic E-state index is 9.68. The summed E-state index contributed by atoms with van der Waals surface area (Å²) in [5.41, 5.74) is 2.38. The Balaban J connectivity index is 2.69. The minimum atomic E-state index is 0.422. The number of phenols is 1. The number of phenolic OH excluding ortho intramolecular Hbond substituents is 1. The Morgan fingerprint density at radius 2 is 1.75 bits per heavy atom. The summed E-state index contributed by atoms with van der Waals surface area (Å²) in [6.45, 7) is 0. The molecular formula is C9H8Br2O. The molecule has 0 unspecified atom stereocenters. The molecule has 0 bridgehead atoms. The minimum absolute atomic E-state index is 0.422. The normalized spacial score (nSPS) is 14.8. The Bertz CT molecular complexity index is 334. The SMILES string of the molecule is Oc1c(Br)cc(Br)c2c1CCC2. The monoisotopic (exact) mass is 290 g/mol. The molecular weight excluding hydrogens is 284 g/mol. The Morgan fingerprint density at radius 3 is 2.50 bits per heavy atom. The van der Waals surface area contributed by atoms with Crippen LogP contribution in [0.1, 0.15) is 17.5 Å². The number of aromatic hydroxyl groups is 1. The highest BCUT2D eigenvalue weighted by molar-refractivity contribution is 9.11. The highest BCUT2D eigenvalue weighted by Gasteiger charge is 2.19. The van der Waals surface area contributed by atoms with E-state index in [0.29, 0.717) is 5.75 Å². The van der Waals surface area contributed by atoms with E-state index in [1.165, 1.54) is 5.56 Å². The molecule has 1 aromatic rings. The van der Waals surface area contributed by atoms with E-state index in [1.807, 2.05) is 6.07 Å². The van der Waals surface area contributed by atoms with Gasteiger partial charge in [0.15, 0.2) is 0 Å². The van der Waals surface area contributed by atoms with Gasteiger partial charge in [-0.3, -0.25) is 0 Å². The predicted molar refractivity (Wildman–Crippen MR) is 55.5 cm³/mol.